The molecular weight excluding hydrogens is 244 g/mol. The van der Waals surface area contributed by atoms with Crippen molar-refractivity contribution in [3.05, 3.63) is 16.1 Å². The zero-order chi connectivity index (χ0) is 10.1. The van der Waals surface area contributed by atoms with Crippen molar-refractivity contribution >= 4 is 15.9 Å². The predicted molar refractivity (Wildman–Crippen MR) is 58.4 cm³/mol. The molecule has 0 spiro atoms. The van der Waals surface area contributed by atoms with Crippen LogP contribution in [0, 0.1) is 6.92 Å². The second kappa shape index (κ2) is 4.03. The van der Waals surface area contributed by atoms with Crippen molar-refractivity contribution in [2.75, 3.05) is 13.2 Å². The third-order valence-corrected chi connectivity index (χ3v) is 3.82. The molecule has 0 bridgehead atoms. The van der Waals surface area contributed by atoms with Crippen molar-refractivity contribution in [1.82, 2.24) is 9.55 Å². The first-order valence-corrected chi connectivity index (χ1v) is 5.76. The highest BCUT2D eigenvalue weighted by atomic mass is 79.9. The topological polar surface area (TPSA) is 27.1 Å². The first-order valence-electron chi connectivity index (χ1n) is 4.96. The van der Waals surface area contributed by atoms with Crippen LogP contribution in [-0.2, 0) is 11.8 Å². The number of aryl methyl sites for hydroxylation is 1. The standard InChI is InChI=1S/C10H15BrN2O/c1-7-12-9(10(11)13(7)2)8-3-5-14-6-4-8/h8H,3-6H2,1-2H3. The minimum atomic E-state index is 0.568. The average molecular weight is 259 g/mol. The zero-order valence-corrected chi connectivity index (χ0v) is 10.2. The van der Waals surface area contributed by atoms with Crippen LogP contribution in [-0.4, -0.2) is 22.8 Å². The van der Waals surface area contributed by atoms with E-state index in [0.717, 1.165) is 36.5 Å². The van der Waals surface area contributed by atoms with E-state index in [1.165, 1.54) is 5.69 Å². The molecule has 2 heterocycles. The third-order valence-electron chi connectivity index (χ3n) is 2.88. The summed E-state index contributed by atoms with van der Waals surface area (Å²) in [5, 5.41) is 0. The van der Waals surface area contributed by atoms with Gasteiger partial charge in [0.15, 0.2) is 0 Å². The van der Waals surface area contributed by atoms with Crippen LogP contribution >= 0.6 is 15.9 Å². The fourth-order valence-corrected chi connectivity index (χ4v) is 2.51. The molecule has 3 nitrogen and oxygen atoms in total. The minimum Gasteiger partial charge on any atom is -0.381 e. The lowest BCUT2D eigenvalue weighted by Crippen LogP contribution is -2.14. The van der Waals surface area contributed by atoms with Gasteiger partial charge in [-0.3, -0.25) is 0 Å². The molecule has 0 aromatic carbocycles. The molecule has 0 N–H and O–H groups in total. The Morgan fingerprint density at radius 3 is 2.57 bits per heavy atom. The molecule has 1 aliphatic heterocycles. The van der Waals surface area contributed by atoms with Gasteiger partial charge in [-0.1, -0.05) is 0 Å². The first kappa shape index (κ1) is 10.2. The van der Waals surface area contributed by atoms with E-state index in [1.807, 2.05) is 14.0 Å². The van der Waals surface area contributed by atoms with Crippen molar-refractivity contribution in [3.63, 3.8) is 0 Å². The molecule has 1 saturated heterocycles. The maximum atomic E-state index is 5.35. The van der Waals surface area contributed by atoms with Gasteiger partial charge >= 0.3 is 0 Å². The van der Waals surface area contributed by atoms with Gasteiger partial charge in [0.2, 0.25) is 0 Å². The Balaban J connectivity index is 2.26. The maximum Gasteiger partial charge on any atom is 0.108 e. The van der Waals surface area contributed by atoms with E-state index in [-0.39, 0.29) is 0 Å². The highest BCUT2D eigenvalue weighted by Gasteiger charge is 2.22. The molecule has 1 aromatic rings. The summed E-state index contributed by atoms with van der Waals surface area (Å²) in [5.41, 5.74) is 1.20. The Morgan fingerprint density at radius 1 is 1.43 bits per heavy atom. The molecule has 78 valence electrons. The van der Waals surface area contributed by atoms with Crippen molar-refractivity contribution < 1.29 is 4.74 Å². The minimum absolute atomic E-state index is 0.568. The first-order chi connectivity index (χ1) is 6.70. The van der Waals surface area contributed by atoms with E-state index in [4.69, 9.17) is 4.74 Å². The molecule has 0 unspecified atom stereocenters. The van der Waals surface area contributed by atoms with Crippen LogP contribution in [0.5, 0.6) is 0 Å². The van der Waals surface area contributed by atoms with Crippen LogP contribution in [0.3, 0.4) is 0 Å². The molecule has 14 heavy (non-hydrogen) atoms. The lowest BCUT2D eigenvalue weighted by atomic mass is 9.97. The molecule has 2 rings (SSSR count). The van der Waals surface area contributed by atoms with Gasteiger partial charge in [-0.2, -0.15) is 0 Å². The van der Waals surface area contributed by atoms with E-state index in [0.29, 0.717) is 5.92 Å². The summed E-state index contributed by atoms with van der Waals surface area (Å²) < 4.78 is 8.56. The molecule has 0 saturated carbocycles. The van der Waals surface area contributed by atoms with Gasteiger partial charge in [0.05, 0.1) is 5.69 Å². The Bertz CT molecular complexity index is 329. The van der Waals surface area contributed by atoms with Crippen LogP contribution < -0.4 is 0 Å². The molecular formula is C10H15BrN2O. The Labute approximate surface area is 92.6 Å². The van der Waals surface area contributed by atoms with Crippen LogP contribution in [0.1, 0.15) is 30.3 Å². The summed E-state index contributed by atoms with van der Waals surface area (Å²) in [6.07, 6.45) is 2.18. The fourth-order valence-electron chi connectivity index (χ4n) is 1.84. The third kappa shape index (κ3) is 1.73. The molecule has 1 aromatic heterocycles. The van der Waals surface area contributed by atoms with E-state index in [9.17, 15) is 0 Å². The predicted octanol–water partition coefficient (Wildman–Crippen LogP) is 2.39. The number of halogens is 1. The molecule has 1 aliphatic rings. The molecule has 1 fully saturated rings. The maximum absolute atomic E-state index is 5.35. The fraction of sp³-hybridized carbons (Fsp3) is 0.700. The number of rotatable bonds is 1. The average Bonchev–Trinajstić information content (AvgIpc) is 2.47. The molecule has 0 radical (unpaired) electrons. The smallest absolute Gasteiger partial charge is 0.108 e. The largest absolute Gasteiger partial charge is 0.381 e. The van der Waals surface area contributed by atoms with Gasteiger partial charge in [-0.15, -0.1) is 0 Å². The summed E-state index contributed by atoms with van der Waals surface area (Å²) in [7, 11) is 2.04. The molecule has 0 amide bonds. The highest BCUT2D eigenvalue weighted by Crippen LogP contribution is 2.31. The summed E-state index contributed by atoms with van der Waals surface area (Å²) in [6, 6.07) is 0. The molecule has 0 aliphatic carbocycles. The van der Waals surface area contributed by atoms with Gasteiger partial charge in [-0.25, -0.2) is 4.98 Å². The van der Waals surface area contributed by atoms with Crippen molar-refractivity contribution in [2.24, 2.45) is 7.05 Å². The number of hydrogen-bond donors (Lipinski definition) is 0. The van der Waals surface area contributed by atoms with E-state index in [1.54, 1.807) is 0 Å². The van der Waals surface area contributed by atoms with Gasteiger partial charge < -0.3 is 9.30 Å². The normalized spacial score (nSPS) is 18.8. The second-order valence-electron chi connectivity index (χ2n) is 3.78. The van der Waals surface area contributed by atoms with Gasteiger partial charge in [-0.05, 0) is 35.7 Å². The highest BCUT2D eigenvalue weighted by molar-refractivity contribution is 9.10. The quantitative estimate of drug-likeness (QED) is 0.774. The summed E-state index contributed by atoms with van der Waals surface area (Å²) in [6.45, 7) is 3.77. The van der Waals surface area contributed by atoms with Crippen molar-refractivity contribution in [1.29, 1.82) is 0 Å². The number of imidazole rings is 1. The van der Waals surface area contributed by atoms with Crippen LogP contribution in [0.4, 0.5) is 0 Å². The number of nitrogens with zero attached hydrogens (tertiary/aromatic N) is 2. The lowest BCUT2D eigenvalue weighted by Gasteiger charge is -2.20. The van der Waals surface area contributed by atoms with Crippen molar-refractivity contribution in [3.8, 4) is 0 Å². The lowest BCUT2D eigenvalue weighted by molar-refractivity contribution is 0.0844. The number of aromatic nitrogens is 2. The monoisotopic (exact) mass is 258 g/mol. The van der Waals surface area contributed by atoms with E-state index >= 15 is 0 Å². The SMILES string of the molecule is Cc1nc(C2CCOCC2)c(Br)n1C. The van der Waals surface area contributed by atoms with Gasteiger partial charge in [0.25, 0.3) is 0 Å². The van der Waals surface area contributed by atoms with Crippen LogP contribution in [0.25, 0.3) is 0 Å². The summed E-state index contributed by atoms with van der Waals surface area (Å²) in [4.78, 5) is 4.59. The zero-order valence-electron chi connectivity index (χ0n) is 8.59. The number of ether oxygens (including phenoxy) is 1. The van der Waals surface area contributed by atoms with E-state index in [2.05, 4.69) is 25.5 Å². The Morgan fingerprint density at radius 2 is 2.07 bits per heavy atom. The Kier molecular flexibility index (Phi) is 2.93. The molecule has 4 heteroatoms. The van der Waals surface area contributed by atoms with Gasteiger partial charge in [0.1, 0.15) is 10.4 Å². The van der Waals surface area contributed by atoms with E-state index < -0.39 is 0 Å². The summed E-state index contributed by atoms with van der Waals surface area (Å²) >= 11 is 3.60. The van der Waals surface area contributed by atoms with Crippen LogP contribution in [0.2, 0.25) is 0 Å². The Hall–Kier alpha value is -0.350. The molecule has 0 atom stereocenters. The van der Waals surface area contributed by atoms with Crippen molar-refractivity contribution in [2.45, 2.75) is 25.7 Å². The van der Waals surface area contributed by atoms with Gasteiger partial charge in [0, 0.05) is 26.2 Å². The van der Waals surface area contributed by atoms with Crippen LogP contribution in [0.15, 0.2) is 4.60 Å². The summed E-state index contributed by atoms with van der Waals surface area (Å²) in [5.74, 6) is 1.64. The second-order valence-corrected chi connectivity index (χ2v) is 4.53. The number of hydrogen-bond acceptors (Lipinski definition) is 2.